The van der Waals surface area contributed by atoms with Crippen molar-refractivity contribution in [1.29, 1.82) is 0 Å². The van der Waals surface area contributed by atoms with Crippen LogP contribution in [0.5, 0.6) is 0 Å². The van der Waals surface area contributed by atoms with Crippen molar-refractivity contribution in [2.45, 2.75) is 33.1 Å². The fourth-order valence-electron chi connectivity index (χ4n) is 2.16. The van der Waals surface area contributed by atoms with Crippen molar-refractivity contribution in [3.8, 4) is 0 Å². The molecule has 0 unspecified atom stereocenters. The van der Waals surface area contributed by atoms with Crippen LogP contribution in [-0.4, -0.2) is 42.1 Å². The summed E-state index contributed by atoms with van der Waals surface area (Å²) in [4.78, 5) is 14.4. The molecule has 1 fully saturated rings. The monoisotopic (exact) mass is 251 g/mol. The van der Waals surface area contributed by atoms with E-state index in [2.05, 4.69) is 10.5 Å². The first-order chi connectivity index (χ1) is 8.41. The second-order valence-electron chi connectivity index (χ2n) is 5.75. The summed E-state index contributed by atoms with van der Waals surface area (Å²) >= 11 is 0. The smallest absolute Gasteiger partial charge is 0.259 e. The van der Waals surface area contributed by atoms with Gasteiger partial charge >= 0.3 is 0 Å². The first-order valence-electron chi connectivity index (χ1n) is 6.38. The second-order valence-corrected chi connectivity index (χ2v) is 5.75. The minimum Gasteiger partial charge on any atom is -0.361 e. The highest BCUT2D eigenvalue weighted by molar-refractivity contribution is 5.96. The van der Waals surface area contributed by atoms with E-state index in [9.17, 15) is 4.79 Å². The lowest BCUT2D eigenvalue weighted by Gasteiger charge is -2.28. The quantitative estimate of drug-likeness (QED) is 0.818. The molecule has 0 bridgehead atoms. The number of aryl methyl sites for hydroxylation is 1. The molecule has 2 rings (SSSR count). The van der Waals surface area contributed by atoms with Gasteiger partial charge in [0.25, 0.3) is 5.91 Å². The second kappa shape index (κ2) is 4.72. The van der Waals surface area contributed by atoms with Gasteiger partial charge in [0.1, 0.15) is 17.0 Å². The van der Waals surface area contributed by atoms with Crippen LogP contribution in [0.2, 0.25) is 0 Å². The van der Waals surface area contributed by atoms with Crippen molar-refractivity contribution in [3.63, 3.8) is 0 Å². The van der Waals surface area contributed by atoms with Crippen LogP contribution in [0, 0.1) is 6.92 Å². The standard InChI is InChI=1S/C13H21N3O2/c1-9-10(11(15-18-9)13(2,3)4)12(17)16-7-5-14-6-8-16/h14H,5-8H2,1-4H3. The minimum atomic E-state index is -0.184. The van der Waals surface area contributed by atoms with E-state index in [1.807, 2.05) is 25.7 Å². The van der Waals surface area contributed by atoms with Gasteiger partial charge in [-0.2, -0.15) is 0 Å². The summed E-state index contributed by atoms with van der Waals surface area (Å²) in [5.41, 5.74) is 1.21. The highest BCUT2D eigenvalue weighted by Crippen LogP contribution is 2.27. The van der Waals surface area contributed by atoms with Crippen molar-refractivity contribution in [2.24, 2.45) is 0 Å². The molecule has 0 aliphatic carbocycles. The number of nitrogens with zero attached hydrogens (tertiary/aromatic N) is 2. The van der Waals surface area contributed by atoms with Crippen molar-refractivity contribution in [3.05, 3.63) is 17.0 Å². The molecule has 0 radical (unpaired) electrons. The molecular formula is C13H21N3O2. The lowest BCUT2D eigenvalue weighted by Crippen LogP contribution is -2.46. The molecular weight excluding hydrogens is 230 g/mol. The summed E-state index contributed by atoms with van der Waals surface area (Å²) in [5, 5.41) is 7.31. The minimum absolute atomic E-state index is 0.0418. The third kappa shape index (κ3) is 2.41. The van der Waals surface area contributed by atoms with E-state index in [1.165, 1.54) is 0 Å². The molecule has 0 aromatic carbocycles. The molecule has 1 aliphatic heterocycles. The van der Waals surface area contributed by atoms with E-state index < -0.39 is 0 Å². The van der Waals surface area contributed by atoms with Gasteiger partial charge in [0.15, 0.2) is 0 Å². The highest BCUT2D eigenvalue weighted by atomic mass is 16.5. The number of carbonyl (C=O) groups is 1. The molecule has 1 saturated heterocycles. The number of rotatable bonds is 1. The summed E-state index contributed by atoms with van der Waals surface area (Å²) < 4.78 is 5.22. The SMILES string of the molecule is Cc1onc(C(C)(C)C)c1C(=O)N1CCNCC1. The molecule has 100 valence electrons. The van der Waals surface area contributed by atoms with Crippen molar-refractivity contribution < 1.29 is 9.32 Å². The molecule has 5 heteroatoms. The van der Waals surface area contributed by atoms with Gasteiger partial charge in [-0.3, -0.25) is 4.79 Å². The number of aromatic nitrogens is 1. The molecule has 0 atom stereocenters. The van der Waals surface area contributed by atoms with Crippen LogP contribution in [0.3, 0.4) is 0 Å². The molecule has 1 N–H and O–H groups in total. The van der Waals surface area contributed by atoms with Crippen LogP contribution in [0.15, 0.2) is 4.52 Å². The Balaban J connectivity index is 2.32. The maximum atomic E-state index is 12.5. The molecule has 5 nitrogen and oxygen atoms in total. The summed E-state index contributed by atoms with van der Waals surface area (Å²) in [7, 11) is 0. The van der Waals surface area contributed by atoms with Gasteiger partial charge in [0, 0.05) is 31.6 Å². The van der Waals surface area contributed by atoms with E-state index in [0.29, 0.717) is 11.3 Å². The first kappa shape index (κ1) is 13.1. The fraction of sp³-hybridized carbons (Fsp3) is 0.692. The lowest BCUT2D eigenvalue weighted by molar-refractivity contribution is 0.0732. The lowest BCUT2D eigenvalue weighted by atomic mass is 9.88. The van der Waals surface area contributed by atoms with Gasteiger partial charge in [0.05, 0.1) is 0 Å². The third-order valence-corrected chi connectivity index (χ3v) is 3.19. The zero-order valence-corrected chi connectivity index (χ0v) is 11.5. The van der Waals surface area contributed by atoms with E-state index >= 15 is 0 Å². The number of piperazine rings is 1. The molecule has 0 saturated carbocycles. The Labute approximate surface area is 108 Å². The number of hydrogen-bond donors (Lipinski definition) is 1. The Morgan fingerprint density at radius 3 is 2.50 bits per heavy atom. The molecule has 1 amide bonds. The zero-order valence-electron chi connectivity index (χ0n) is 11.5. The number of hydrogen-bond acceptors (Lipinski definition) is 4. The van der Waals surface area contributed by atoms with Gasteiger partial charge < -0.3 is 14.7 Å². The number of nitrogens with one attached hydrogen (secondary N) is 1. The average Bonchev–Trinajstić information content (AvgIpc) is 2.71. The molecule has 2 heterocycles. The van der Waals surface area contributed by atoms with Crippen LogP contribution in [0.25, 0.3) is 0 Å². The van der Waals surface area contributed by atoms with Crippen molar-refractivity contribution in [1.82, 2.24) is 15.4 Å². The van der Waals surface area contributed by atoms with E-state index in [0.717, 1.165) is 31.9 Å². The zero-order chi connectivity index (χ0) is 13.3. The van der Waals surface area contributed by atoms with Crippen LogP contribution < -0.4 is 5.32 Å². The van der Waals surface area contributed by atoms with Gasteiger partial charge in [-0.15, -0.1) is 0 Å². The maximum absolute atomic E-state index is 12.5. The predicted molar refractivity (Wildman–Crippen MR) is 68.7 cm³/mol. The van der Waals surface area contributed by atoms with Crippen LogP contribution in [-0.2, 0) is 5.41 Å². The Morgan fingerprint density at radius 2 is 1.94 bits per heavy atom. The van der Waals surface area contributed by atoms with Crippen LogP contribution in [0.1, 0.15) is 42.6 Å². The van der Waals surface area contributed by atoms with Gasteiger partial charge in [-0.05, 0) is 6.92 Å². The van der Waals surface area contributed by atoms with Crippen LogP contribution in [0.4, 0.5) is 0 Å². The van der Waals surface area contributed by atoms with E-state index in [-0.39, 0.29) is 11.3 Å². The Bertz CT molecular complexity index is 440. The average molecular weight is 251 g/mol. The predicted octanol–water partition coefficient (Wildman–Crippen LogP) is 1.33. The molecule has 1 aromatic heterocycles. The molecule has 18 heavy (non-hydrogen) atoms. The molecule has 1 aromatic rings. The van der Waals surface area contributed by atoms with Gasteiger partial charge in [-0.25, -0.2) is 0 Å². The molecule has 1 aliphatic rings. The van der Waals surface area contributed by atoms with Gasteiger partial charge in [0.2, 0.25) is 0 Å². The summed E-state index contributed by atoms with van der Waals surface area (Å²) in [5.74, 6) is 0.656. The Hall–Kier alpha value is -1.36. The van der Waals surface area contributed by atoms with E-state index in [1.54, 1.807) is 6.92 Å². The largest absolute Gasteiger partial charge is 0.361 e. The normalized spacial score (nSPS) is 17.0. The van der Waals surface area contributed by atoms with Gasteiger partial charge in [-0.1, -0.05) is 25.9 Å². The fourth-order valence-corrected chi connectivity index (χ4v) is 2.16. The topological polar surface area (TPSA) is 58.4 Å². The Morgan fingerprint density at radius 1 is 1.33 bits per heavy atom. The summed E-state index contributed by atoms with van der Waals surface area (Å²) in [6.45, 7) is 11.1. The number of amides is 1. The van der Waals surface area contributed by atoms with Crippen molar-refractivity contribution >= 4 is 5.91 Å². The maximum Gasteiger partial charge on any atom is 0.259 e. The summed E-state index contributed by atoms with van der Waals surface area (Å²) in [6, 6.07) is 0. The van der Waals surface area contributed by atoms with Crippen molar-refractivity contribution in [2.75, 3.05) is 26.2 Å². The highest BCUT2D eigenvalue weighted by Gasteiger charge is 2.31. The summed E-state index contributed by atoms with van der Waals surface area (Å²) in [6.07, 6.45) is 0. The van der Waals surface area contributed by atoms with E-state index in [4.69, 9.17) is 4.52 Å². The molecule has 0 spiro atoms. The Kier molecular flexibility index (Phi) is 3.43. The first-order valence-corrected chi connectivity index (χ1v) is 6.38. The number of carbonyl (C=O) groups excluding carboxylic acids is 1. The third-order valence-electron chi connectivity index (χ3n) is 3.19. The van der Waals surface area contributed by atoms with Crippen LogP contribution >= 0.6 is 0 Å².